The molecule has 2 amide bonds. The Bertz CT molecular complexity index is 1340. The van der Waals surface area contributed by atoms with E-state index in [0.717, 1.165) is 19.5 Å². The van der Waals surface area contributed by atoms with Crippen LogP contribution < -0.4 is 10.6 Å². The van der Waals surface area contributed by atoms with Crippen molar-refractivity contribution in [1.29, 1.82) is 0 Å². The van der Waals surface area contributed by atoms with E-state index < -0.39 is 23.3 Å². The monoisotopic (exact) mass is 507 g/mol. The molecule has 3 heterocycles. The third kappa shape index (κ3) is 5.96. The molecule has 0 unspecified atom stereocenters. The minimum atomic E-state index is -2.08. The third-order valence-electron chi connectivity index (χ3n) is 5.56. The van der Waals surface area contributed by atoms with Gasteiger partial charge in [-0.1, -0.05) is 18.2 Å². The number of hydrogen-bond donors (Lipinski definition) is 3. The first-order chi connectivity index (χ1) is 17.3. The molecule has 1 aliphatic heterocycles. The van der Waals surface area contributed by atoms with E-state index in [1.54, 1.807) is 32.9 Å². The smallest absolute Gasteiger partial charge is 0.411 e. The first kappa shape index (κ1) is 25.9. The molecule has 3 aromatic rings. The van der Waals surface area contributed by atoms with Crippen molar-refractivity contribution in [3.63, 3.8) is 0 Å². The van der Waals surface area contributed by atoms with E-state index >= 15 is 0 Å². The number of carbonyl (C=O) groups is 3. The van der Waals surface area contributed by atoms with Crippen LogP contribution in [0.4, 0.5) is 26.4 Å². The number of Topliss-reactive ketones (excluding diaryl/α,β-unsaturated/α-hetero) is 1. The van der Waals surface area contributed by atoms with Crippen molar-refractivity contribution < 1.29 is 23.5 Å². The summed E-state index contributed by atoms with van der Waals surface area (Å²) in [7, 11) is 0. The topological polar surface area (TPSA) is 116 Å². The molecule has 1 aliphatic rings. The van der Waals surface area contributed by atoms with Gasteiger partial charge in [0.25, 0.3) is 5.91 Å². The summed E-state index contributed by atoms with van der Waals surface area (Å²) in [6.45, 7) is 7.63. The molecule has 194 valence electrons. The zero-order valence-electron chi connectivity index (χ0n) is 21.4. The average molecular weight is 508 g/mol. The number of carbonyl (C=O) groups excluding carboxylic acids is 3. The summed E-state index contributed by atoms with van der Waals surface area (Å²) in [6, 6.07) is 12.6. The van der Waals surface area contributed by atoms with Gasteiger partial charge in [-0.15, -0.1) is 0 Å². The molecule has 9 nitrogen and oxygen atoms in total. The Morgan fingerprint density at radius 1 is 1.08 bits per heavy atom. The Labute approximate surface area is 214 Å². The standard InChI is InChI=1S/C27H30FN5O4/c1-26(2,3)37-25(36)33-14-18-21(19(34)15-33)23(30-17-9-7-6-8-10-17)22(31-18)16-11-12-29-20(13-16)32-24(35)27(4,5)28/h6-13,30-31H,14-15H2,1-5H3,(H,29,32,35). The summed E-state index contributed by atoms with van der Waals surface area (Å²) in [6.07, 6.45) is 0.903. The van der Waals surface area contributed by atoms with Gasteiger partial charge in [0.2, 0.25) is 0 Å². The van der Waals surface area contributed by atoms with Crippen LogP contribution in [0, 0.1) is 0 Å². The van der Waals surface area contributed by atoms with Gasteiger partial charge in [-0.05, 0) is 58.9 Å². The fourth-order valence-electron chi connectivity index (χ4n) is 3.86. The van der Waals surface area contributed by atoms with Crippen LogP contribution in [0.3, 0.4) is 0 Å². The van der Waals surface area contributed by atoms with Crippen LogP contribution >= 0.6 is 0 Å². The Morgan fingerprint density at radius 3 is 2.43 bits per heavy atom. The molecule has 1 aromatic carbocycles. The van der Waals surface area contributed by atoms with Crippen molar-refractivity contribution in [3.8, 4) is 11.3 Å². The van der Waals surface area contributed by atoms with Crippen LogP contribution in [0.5, 0.6) is 0 Å². The number of pyridine rings is 1. The number of ether oxygens (including phenoxy) is 1. The van der Waals surface area contributed by atoms with Crippen LogP contribution in [-0.2, 0) is 16.1 Å². The maximum absolute atomic E-state index is 14.1. The number of para-hydroxylation sites is 1. The fourth-order valence-corrected chi connectivity index (χ4v) is 3.86. The number of rotatable bonds is 5. The molecular formula is C27H30FN5O4. The van der Waals surface area contributed by atoms with Gasteiger partial charge in [0.1, 0.15) is 11.4 Å². The lowest BCUT2D eigenvalue weighted by Crippen LogP contribution is -2.42. The number of alkyl halides is 1. The van der Waals surface area contributed by atoms with Gasteiger partial charge >= 0.3 is 6.09 Å². The summed E-state index contributed by atoms with van der Waals surface area (Å²) in [5.74, 6) is -0.920. The molecule has 0 bridgehead atoms. The van der Waals surface area contributed by atoms with Gasteiger partial charge in [0.15, 0.2) is 11.5 Å². The van der Waals surface area contributed by atoms with Crippen molar-refractivity contribution in [1.82, 2.24) is 14.9 Å². The van der Waals surface area contributed by atoms with E-state index in [4.69, 9.17) is 4.74 Å². The SMILES string of the molecule is CC(C)(C)OC(=O)N1CC(=O)c2c([nH]c(-c3ccnc(NC(=O)C(C)(C)F)c3)c2Nc2ccccc2)C1. The lowest BCUT2D eigenvalue weighted by molar-refractivity contribution is -0.125. The summed E-state index contributed by atoms with van der Waals surface area (Å²) in [5, 5.41) is 5.80. The number of fused-ring (bicyclic) bond motifs is 1. The van der Waals surface area contributed by atoms with Crippen molar-refractivity contribution in [2.24, 2.45) is 0 Å². The second kappa shape index (κ2) is 9.68. The number of benzene rings is 1. The Morgan fingerprint density at radius 2 is 1.78 bits per heavy atom. The predicted octanol–water partition coefficient (Wildman–Crippen LogP) is 5.44. The fraction of sp³-hybridized carbons (Fsp3) is 0.333. The molecular weight excluding hydrogens is 477 g/mol. The highest BCUT2D eigenvalue weighted by Gasteiger charge is 2.35. The molecule has 10 heteroatoms. The lowest BCUT2D eigenvalue weighted by atomic mass is 10.0. The molecule has 0 spiro atoms. The number of amides is 2. The normalized spacial score (nSPS) is 13.7. The summed E-state index contributed by atoms with van der Waals surface area (Å²) in [5.41, 5.74) is 0.651. The van der Waals surface area contributed by atoms with Gasteiger partial charge in [-0.3, -0.25) is 14.5 Å². The molecule has 3 N–H and O–H groups in total. The molecule has 0 fully saturated rings. The maximum atomic E-state index is 14.1. The van der Waals surface area contributed by atoms with Crippen molar-refractivity contribution >= 4 is 35.0 Å². The number of halogens is 1. The minimum absolute atomic E-state index is 0.133. The van der Waals surface area contributed by atoms with E-state index in [1.165, 1.54) is 11.1 Å². The van der Waals surface area contributed by atoms with Crippen LogP contribution in [0.2, 0.25) is 0 Å². The molecule has 0 saturated carbocycles. The van der Waals surface area contributed by atoms with Gasteiger partial charge in [0.05, 0.1) is 30.0 Å². The Balaban J connectivity index is 1.75. The van der Waals surface area contributed by atoms with Crippen molar-refractivity contribution in [2.45, 2.75) is 52.4 Å². The first-order valence-electron chi connectivity index (χ1n) is 11.9. The maximum Gasteiger partial charge on any atom is 0.411 e. The van der Waals surface area contributed by atoms with Gasteiger partial charge in [-0.25, -0.2) is 14.2 Å². The molecule has 0 radical (unpaired) electrons. The molecule has 2 aromatic heterocycles. The predicted molar refractivity (Wildman–Crippen MR) is 139 cm³/mol. The van der Waals surface area contributed by atoms with Gasteiger partial charge in [0, 0.05) is 23.1 Å². The molecule has 37 heavy (non-hydrogen) atoms. The number of H-pyrrole nitrogens is 1. The number of nitrogens with zero attached hydrogens (tertiary/aromatic N) is 2. The number of anilines is 3. The highest BCUT2D eigenvalue weighted by Crippen LogP contribution is 2.38. The highest BCUT2D eigenvalue weighted by molar-refractivity contribution is 6.09. The third-order valence-corrected chi connectivity index (χ3v) is 5.56. The number of hydrogen-bond acceptors (Lipinski definition) is 6. The summed E-state index contributed by atoms with van der Waals surface area (Å²) >= 11 is 0. The van der Waals surface area contributed by atoms with Crippen LogP contribution in [0.1, 0.15) is 50.7 Å². The van der Waals surface area contributed by atoms with E-state index in [1.807, 2.05) is 30.3 Å². The van der Waals surface area contributed by atoms with Crippen molar-refractivity contribution in [3.05, 3.63) is 59.9 Å². The number of aromatic amines is 1. The van der Waals surface area contributed by atoms with Crippen LogP contribution in [0.15, 0.2) is 48.7 Å². The molecule has 0 atom stereocenters. The largest absolute Gasteiger partial charge is 0.444 e. The van der Waals surface area contributed by atoms with Gasteiger partial charge < -0.3 is 20.4 Å². The van der Waals surface area contributed by atoms with Gasteiger partial charge in [-0.2, -0.15) is 0 Å². The Kier molecular flexibility index (Phi) is 6.77. The van der Waals surface area contributed by atoms with E-state index in [2.05, 4.69) is 20.6 Å². The van der Waals surface area contributed by atoms with Crippen LogP contribution in [0.25, 0.3) is 11.3 Å². The second-order valence-corrected chi connectivity index (χ2v) is 10.3. The highest BCUT2D eigenvalue weighted by atomic mass is 19.1. The summed E-state index contributed by atoms with van der Waals surface area (Å²) in [4.78, 5) is 46.9. The Hall–Kier alpha value is -4.21. The first-order valence-corrected chi connectivity index (χ1v) is 11.9. The number of aromatic nitrogens is 2. The molecule has 0 aliphatic carbocycles. The zero-order chi connectivity index (χ0) is 27.0. The van der Waals surface area contributed by atoms with Crippen LogP contribution in [-0.4, -0.2) is 50.5 Å². The average Bonchev–Trinajstić information content (AvgIpc) is 3.17. The molecule has 4 rings (SSSR count). The zero-order valence-corrected chi connectivity index (χ0v) is 21.4. The minimum Gasteiger partial charge on any atom is -0.444 e. The number of ketones is 1. The second-order valence-electron chi connectivity index (χ2n) is 10.3. The lowest BCUT2D eigenvalue weighted by Gasteiger charge is -2.29. The van der Waals surface area contributed by atoms with E-state index in [-0.39, 0.29) is 24.7 Å². The van der Waals surface area contributed by atoms with E-state index in [9.17, 15) is 18.8 Å². The van der Waals surface area contributed by atoms with E-state index in [0.29, 0.717) is 28.2 Å². The van der Waals surface area contributed by atoms with Crippen molar-refractivity contribution in [2.75, 3.05) is 17.2 Å². The summed E-state index contributed by atoms with van der Waals surface area (Å²) < 4.78 is 19.5. The number of nitrogens with one attached hydrogen (secondary N) is 3. The molecule has 0 saturated heterocycles. The quantitative estimate of drug-likeness (QED) is 0.423.